The average molecular weight is 259 g/mol. The Morgan fingerprint density at radius 1 is 1.36 bits per heavy atom. The molecule has 2 nitrogen and oxygen atoms in total. The third-order valence-corrected chi connectivity index (χ3v) is 2.35. The Labute approximate surface area is 93.0 Å². The molecule has 0 bridgehead atoms. The van der Waals surface area contributed by atoms with Crippen LogP contribution in [0.25, 0.3) is 0 Å². The molecule has 0 aliphatic carbocycles. The highest BCUT2D eigenvalue weighted by molar-refractivity contribution is 9.09. The summed E-state index contributed by atoms with van der Waals surface area (Å²) in [6, 6.07) is 7.49. The smallest absolute Gasteiger partial charge is 0.119 e. The Morgan fingerprint density at radius 2 is 2.00 bits per heavy atom. The fourth-order valence-corrected chi connectivity index (χ4v) is 1.22. The molecule has 0 aliphatic rings. The van der Waals surface area contributed by atoms with Crippen LogP contribution in [0.4, 0.5) is 0 Å². The summed E-state index contributed by atoms with van der Waals surface area (Å²) < 4.78 is 5.50. The summed E-state index contributed by atoms with van der Waals surface area (Å²) in [7, 11) is 0. The van der Waals surface area contributed by atoms with E-state index in [9.17, 15) is 0 Å². The van der Waals surface area contributed by atoms with E-state index in [0.717, 1.165) is 17.7 Å². The van der Waals surface area contributed by atoms with Gasteiger partial charge in [0.1, 0.15) is 5.75 Å². The molecule has 3 heteroatoms. The Morgan fingerprint density at radius 3 is 2.50 bits per heavy atom. The minimum absolute atomic E-state index is 0.0821. The maximum absolute atomic E-state index is 8.83. The van der Waals surface area contributed by atoms with Gasteiger partial charge in [-0.05, 0) is 24.1 Å². The Hall–Kier alpha value is -0.540. The summed E-state index contributed by atoms with van der Waals surface area (Å²) in [5.41, 5.74) is 0.909. The SMILES string of the molecule is CC(Br)CCOc1ccc(CO)cc1. The lowest BCUT2D eigenvalue weighted by Gasteiger charge is -2.07. The quantitative estimate of drug-likeness (QED) is 0.824. The van der Waals surface area contributed by atoms with Crippen molar-refractivity contribution in [1.82, 2.24) is 0 Å². The summed E-state index contributed by atoms with van der Waals surface area (Å²) in [5.74, 6) is 0.857. The van der Waals surface area contributed by atoms with Crippen LogP contribution in [0.2, 0.25) is 0 Å². The minimum atomic E-state index is 0.0821. The standard InChI is InChI=1S/C11H15BrO2/c1-9(12)6-7-14-11-4-2-10(8-13)3-5-11/h2-5,9,13H,6-8H2,1H3. The molecular weight excluding hydrogens is 244 g/mol. The van der Waals surface area contributed by atoms with Crippen molar-refractivity contribution >= 4 is 15.9 Å². The van der Waals surface area contributed by atoms with Crippen molar-refractivity contribution in [3.63, 3.8) is 0 Å². The van der Waals surface area contributed by atoms with E-state index in [1.54, 1.807) is 0 Å². The fourth-order valence-electron chi connectivity index (χ4n) is 1.03. The Balaban J connectivity index is 2.36. The number of benzene rings is 1. The van der Waals surface area contributed by atoms with Crippen LogP contribution in [0.15, 0.2) is 24.3 Å². The number of aliphatic hydroxyl groups excluding tert-OH is 1. The first-order valence-electron chi connectivity index (χ1n) is 4.69. The predicted molar refractivity (Wildman–Crippen MR) is 60.9 cm³/mol. The number of hydrogen-bond acceptors (Lipinski definition) is 2. The van der Waals surface area contributed by atoms with Gasteiger partial charge in [-0.3, -0.25) is 0 Å². The summed E-state index contributed by atoms with van der Waals surface area (Å²) >= 11 is 3.46. The van der Waals surface area contributed by atoms with E-state index in [1.165, 1.54) is 0 Å². The molecule has 78 valence electrons. The summed E-state index contributed by atoms with van der Waals surface area (Å²) in [4.78, 5) is 0.485. The van der Waals surface area contributed by atoms with E-state index in [0.29, 0.717) is 11.4 Å². The molecule has 14 heavy (non-hydrogen) atoms. The Kier molecular flexibility index (Phi) is 4.98. The average Bonchev–Trinajstić information content (AvgIpc) is 2.18. The van der Waals surface area contributed by atoms with Crippen molar-refractivity contribution in [1.29, 1.82) is 0 Å². The molecule has 1 rings (SSSR count). The number of rotatable bonds is 5. The molecule has 1 aromatic carbocycles. The molecule has 0 fully saturated rings. The first-order chi connectivity index (χ1) is 6.72. The van der Waals surface area contributed by atoms with E-state index < -0.39 is 0 Å². The monoisotopic (exact) mass is 258 g/mol. The Bertz CT molecular complexity index is 256. The molecule has 1 aromatic rings. The second-order valence-corrected chi connectivity index (χ2v) is 4.78. The zero-order valence-electron chi connectivity index (χ0n) is 8.24. The van der Waals surface area contributed by atoms with Gasteiger partial charge in [0.05, 0.1) is 13.2 Å². The van der Waals surface area contributed by atoms with E-state index in [2.05, 4.69) is 22.9 Å². The zero-order chi connectivity index (χ0) is 10.4. The third-order valence-electron chi connectivity index (χ3n) is 1.89. The lowest BCUT2D eigenvalue weighted by Crippen LogP contribution is -2.02. The number of ether oxygens (including phenoxy) is 1. The van der Waals surface area contributed by atoms with Gasteiger partial charge in [0.25, 0.3) is 0 Å². The van der Waals surface area contributed by atoms with Crippen molar-refractivity contribution in [2.24, 2.45) is 0 Å². The van der Waals surface area contributed by atoms with Crippen molar-refractivity contribution in [3.05, 3.63) is 29.8 Å². The molecule has 0 saturated heterocycles. The van der Waals surface area contributed by atoms with Crippen LogP contribution in [-0.2, 0) is 6.61 Å². The highest BCUT2D eigenvalue weighted by Crippen LogP contribution is 2.13. The van der Waals surface area contributed by atoms with Gasteiger partial charge in [-0.1, -0.05) is 35.0 Å². The number of halogens is 1. The van der Waals surface area contributed by atoms with Gasteiger partial charge in [0.15, 0.2) is 0 Å². The zero-order valence-corrected chi connectivity index (χ0v) is 9.83. The van der Waals surface area contributed by atoms with E-state index >= 15 is 0 Å². The summed E-state index contributed by atoms with van der Waals surface area (Å²) in [6.45, 7) is 2.89. The largest absolute Gasteiger partial charge is 0.494 e. The number of hydrogen-bond donors (Lipinski definition) is 1. The molecular formula is C11H15BrO2. The van der Waals surface area contributed by atoms with Crippen LogP contribution in [-0.4, -0.2) is 16.5 Å². The van der Waals surface area contributed by atoms with Crippen LogP contribution in [0.5, 0.6) is 5.75 Å². The van der Waals surface area contributed by atoms with E-state index in [1.807, 2.05) is 24.3 Å². The van der Waals surface area contributed by atoms with E-state index in [-0.39, 0.29) is 6.61 Å². The fraction of sp³-hybridized carbons (Fsp3) is 0.455. The number of aliphatic hydroxyl groups is 1. The molecule has 0 heterocycles. The topological polar surface area (TPSA) is 29.5 Å². The second-order valence-electron chi connectivity index (χ2n) is 3.22. The molecule has 1 unspecified atom stereocenters. The number of alkyl halides is 1. The van der Waals surface area contributed by atoms with Gasteiger partial charge < -0.3 is 9.84 Å². The lowest BCUT2D eigenvalue weighted by molar-refractivity contribution is 0.281. The molecule has 0 radical (unpaired) electrons. The molecule has 0 saturated carbocycles. The van der Waals surface area contributed by atoms with Crippen LogP contribution in [0.1, 0.15) is 18.9 Å². The second kappa shape index (κ2) is 6.04. The first kappa shape index (κ1) is 11.5. The normalized spacial score (nSPS) is 12.5. The molecule has 0 amide bonds. The van der Waals surface area contributed by atoms with Gasteiger partial charge in [-0.15, -0.1) is 0 Å². The van der Waals surface area contributed by atoms with Gasteiger partial charge in [0, 0.05) is 4.83 Å². The van der Waals surface area contributed by atoms with Crippen LogP contribution >= 0.6 is 15.9 Å². The van der Waals surface area contributed by atoms with Gasteiger partial charge in [-0.25, -0.2) is 0 Å². The highest BCUT2D eigenvalue weighted by atomic mass is 79.9. The maximum atomic E-state index is 8.83. The van der Waals surface area contributed by atoms with Crippen molar-refractivity contribution in [2.45, 2.75) is 24.8 Å². The minimum Gasteiger partial charge on any atom is -0.494 e. The summed E-state index contributed by atoms with van der Waals surface area (Å²) in [6.07, 6.45) is 0.988. The molecule has 0 aliphatic heterocycles. The van der Waals surface area contributed by atoms with Gasteiger partial charge >= 0.3 is 0 Å². The highest BCUT2D eigenvalue weighted by Gasteiger charge is 1.97. The molecule has 0 spiro atoms. The molecule has 0 aromatic heterocycles. The third kappa shape index (κ3) is 4.11. The van der Waals surface area contributed by atoms with Crippen LogP contribution in [0.3, 0.4) is 0 Å². The lowest BCUT2D eigenvalue weighted by atomic mass is 10.2. The van der Waals surface area contributed by atoms with E-state index in [4.69, 9.17) is 9.84 Å². The van der Waals surface area contributed by atoms with Crippen molar-refractivity contribution in [3.8, 4) is 5.75 Å². The maximum Gasteiger partial charge on any atom is 0.119 e. The van der Waals surface area contributed by atoms with Crippen LogP contribution < -0.4 is 4.74 Å². The summed E-state index contributed by atoms with van der Waals surface area (Å²) in [5, 5.41) is 8.83. The molecule has 1 N–H and O–H groups in total. The predicted octanol–water partition coefficient (Wildman–Crippen LogP) is 2.73. The van der Waals surface area contributed by atoms with Crippen LogP contribution in [0, 0.1) is 0 Å². The van der Waals surface area contributed by atoms with Crippen molar-refractivity contribution in [2.75, 3.05) is 6.61 Å². The van der Waals surface area contributed by atoms with Gasteiger partial charge in [0.2, 0.25) is 0 Å². The van der Waals surface area contributed by atoms with Gasteiger partial charge in [-0.2, -0.15) is 0 Å². The van der Waals surface area contributed by atoms with Crippen molar-refractivity contribution < 1.29 is 9.84 Å². The molecule has 1 atom stereocenters. The first-order valence-corrected chi connectivity index (χ1v) is 5.60.